The van der Waals surface area contributed by atoms with Crippen molar-refractivity contribution in [2.24, 2.45) is 56.4 Å². The second-order valence-corrected chi connectivity index (χ2v) is 30.7. The number of nitrogens with zero attached hydrogens (tertiary/aromatic N) is 11. The second-order valence-electron chi connectivity index (χ2n) is 30.7. The predicted octanol–water partition coefficient (Wildman–Crippen LogP) is 10.1. The molecule has 38 nitrogen and oxygen atoms in total. The van der Waals surface area contributed by atoms with Crippen LogP contribution in [0.2, 0.25) is 0 Å². The van der Waals surface area contributed by atoms with Crippen LogP contribution in [0, 0.1) is 0 Å². The number of aromatic carboxylic acids is 1. The molecule has 8 aromatic heterocycles. The lowest BCUT2D eigenvalue weighted by molar-refractivity contribution is -0.121. The van der Waals surface area contributed by atoms with Gasteiger partial charge in [-0.1, -0.05) is 77.6 Å². The van der Waals surface area contributed by atoms with Crippen LogP contribution in [0.15, 0.2) is 98.1 Å². The second kappa shape index (κ2) is 45.1. The van der Waals surface area contributed by atoms with Gasteiger partial charge in [0, 0.05) is 157 Å². The molecular formula is C85H114N22O16. The van der Waals surface area contributed by atoms with E-state index in [9.17, 15) is 67.7 Å². The molecule has 38 heteroatoms. The Balaban J connectivity index is 0.633. The molecule has 11 amide bonds. The molecule has 9 aromatic rings. The Hall–Kier alpha value is -13.7. The van der Waals surface area contributed by atoms with E-state index in [0.29, 0.717) is 66.5 Å². The summed E-state index contributed by atoms with van der Waals surface area (Å²) in [6, 6.07) is 11.7. The first kappa shape index (κ1) is 93.2. The van der Waals surface area contributed by atoms with Crippen LogP contribution >= 0.6 is 0 Å². The number of carbonyl (C=O) groups is 12. The number of aryl methyl sites for hydroxylation is 8. The smallest absolute Gasteiger partial charge is 0.343 e. The lowest BCUT2D eigenvalue weighted by atomic mass is 10.1. The number of carboxylic acid groups (broad SMARTS) is 1. The first-order chi connectivity index (χ1) is 58.8. The van der Waals surface area contributed by atoms with Crippen molar-refractivity contribution in [3.8, 4) is 17.2 Å². The maximum Gasteiger partial charge on any atom is 0.343 e. The summed E-state index contributed by atoms with van der Waals surface area (Å²) in [5.41, 5.74) is 2.97. The Morgan fingerprint density at radius 1 is 0.350 bits per heavy atom. The standard InChI is InChI=1S/C85H114N22O16/c1-12-13-14-15-16-17-18-19-20-21-22-25-37-123-68-45-60(44-67(108)74(68)85(120)121)122-36-26-23-24-29-71(109)86-34-31-73(111)90-55-39-66(103(7)47-55)82(117)97-69-52-107(11)76(95-69)84(119)98-70-53-106(10)75(96-70)83(118)94-59-41-62(101(5)51-59)77(112)87-32-27-30-72(110)89-54-38-63(102(6)46-54)79(114)92-57-42-65(105(9)49-57)81(116)93-58-43-64(104(8)50-58)80(115)91-56-40-61(100(4)48-56)78(113)88-33-28-35-99(2)3/h38-53,108H,12-37H2,1-11H3,(H,86,109)(H,87,112)(H,88,113)(H,89,110)(H,90,111)(H,91,115)(H,92,114)(H,93,116)(H,94,118)(H,97,117)(H,98,119)(H,120,121). The Morgan fingerprint density at radius 3 is 1.13 bits per heavy atom. The quantitative estimate of drug-likeness (QED) is 0.0158. The topological polar surface area (TPSA) is 465 Å². The first-order valence-corrected chi connectivity index (χ1v) is 41.2. The van der Waals surface area contributed by atoms with Crippen LogP contribution in [0.4, 0.5) is 45.8 Å². The summed E-state index contributed by atoms with van der Waals surface area (Å²) in [6.07, 6.45) is 29.3. The van der Waals surface area contributed by atoms with Gasteiger partial charge in [0.25, 0.3) is 47.3 Å². The van der Waals surface area contributed by atoms with Gasteiger partial charge in [-0.3, -0.25) is 52.7 Å². The SMILES string of the molecule is CCCCCCCCCCCCCCOc1cc(OCCCCCC(=O)NCCC(=O)Nc2cc(C(=O)Nc3cn(C)c(C(=O)Nc4cn(C)c(C(=O)Nc5cc(C(=O)NCCCC(=O)Nc6cc(C(=O)Nc7cc(C(=O)Nc8cc(C(=O)Nc9cc(C(=O)NCCCN(C)C)n(C)c9)n(C)c8)n(C)c7)n(C)c6)n(C)c5)n4)n3)n(C)c2)cc(O)c1C(=O)O. The summed E-state index contributed by atoms with van der Waals surface area (Å²) >= 11 is 0. The Kier molecular flexibility index (Phi) is 34.2. The molecule has 0 bridgehead atoms. The molecule has 0 saturated heterocycles. The average molecular weight is 1700 g/mol. The minimum absolute atomic E-state index is 0.00391. The van der Waals surface area contributed by atoms with Gasteiger partial charge in [0.2, 0.25) is 29.4 Å². The summed E-state index contributed by atoms with van der Waals surface area (Å²) < 4.78 is 23.6. The van der Waals surface area contributed by atoms with Crippen LogP contribution < -0.4 is 68.0 Å². The fraction of sp³-hybridized carbons (Fsp3) is 0.435. The highest BCUT2D eigenvalue weighted by molar-refractivity contribution is 6.10. The molecule has 0 spiro atoms. The molecule has 0 unspecified atom stereocenters. The molecule has 1 aromatic carbocycles. The number of nitrogens with one attached hydrogen (secondary N) is 11. The van der Waals surface area contributed by atoms with Gasteiger partial charge < -0.3 is 120 Å². The molecular weight excluding hydrogens is 1590 g/mol. The number of rotatable bonds is 49. The van der Waals surface area contributed by atoms with Crippen LogP contribution in [-0.4, -0.2) is 186 Å². The van der Waals surface area contributed by atoms with Gasteiger partial charge in [-0.2, -0.15) is 0 Å². The highest BCUT2D eigenvalue weighted by atomic mass is 16.5. The molecule has 0 radical (unpaired) electrons. The zero-order valence-electron chi connectivity index (χ0n) is 71.7. The molecule has 0 saturated carbocycles. The number of aromatic nitrogens is 10. The maximum atomic E-state index is 13.6. The number of hydrogen-bond donors (Lipinski definition) is 13. The monoisotopic (exact) mass is 1700 g/mol. The molecule has 0 aliphatic carbocycles. The van der Waals surface area contributed by atoms with Gasteiger partial charge in [-0.05, 0) is 95.6 Å². The number of amides is 11. The molecule has 660 valence electrons. The fourth-order valence-electron chi connectivity index (χ4n) is 13.7. The number of hydrogen-bond acceptors (Lipinski definition) is 18. The summed E-state index contributed by atoms with van der Waals surface area (Å²) in [7, 11) is 16.8. The van der Waals surface area contributed by atoms with Crippen molar-refractivity contribution < 1.29 is 77.2 Å². The highest BCUT2D eigenvalue weighted by Crippen LogP contribution is 2.35. The van der Waals surface area contributed by atoms with Crippen molar-refractivity contribution in [1.82, 2.24) is 67.4 Å². The van der Waals surface area contributed by atoms with Gasteiger partial charge in [0.1, 0.15) is 57.0 Å². The average Bonchev–Trinajstić information content (AvgIpc) is 1.75. The van der Waals surface area contributed by atoms with Crippen molar-refractivity contribution in [2.75, 3.05) is 96.0 Å². The van der Waals surface area contributed by atoms with Crippen LogP contribution in [0.25, 0.3) is 0 Å². The number of carboxylic acids is 1. The minimum atomic E-state index is -1.30. The minimum Gasteiger partial charge on any atom is -0.507 e. The molecule has 9 rings (SSSR count). The van der Waals surface area contributed by atoms with Crippen molar-refractivity contribution in [3.05, 3.63) is 149 Å². The molecule has 123 heavy (non-hydrogen) atoms. The molecule has 0 atom stereocenters. The Morgan fingerprint density at radius 2 is 0.699 bits per heavy atom. The maximum absolute atomic E-state index is 13.6. The van der Waals surface area contributed by atoms with E-state index in [1.54, 1.807) is 89.3 Å². The van der Waals surface area contributed by atoms with Crippen molar-refractivity contribution in [1.29, 1.82) is 0 Å². The zero-order chi connectivity index (χ0) is 89.0. The van der Waals surface area contributed by atoms with E-state index in [0.717, 1.165) is 38.6 Å². The number of carbonyl (C=O) groups excluding carboxylic acids is 11. The zero-order valence-corrected chi connectivity index (χ0v) is 71.7. The number of benzene rings is 1. The van der Waals surface area contributed by atoms with Crippen LogP contribution in [0.3, 0.4) is 0 Å². The summed E-state index contributed by atoms with van der Waals surface area (Å²) in [5.74, 6) is -6.95. The van der Waals surface area contributed by atoms with Crippen molar-refractivity contribution >= 4 is 117 Å². The number of aromatic hydroxyl groups is 1. The number of phenols is 1. The van der Waals surface area contributed by atoms with Crippen molar-refractivity contribution in [3.63, 3.8) is 0 Å². The number of anilines is 8. The van der Waals surface area contributed by atoms with E-state index in [2.05, 4.69) is 75.4 Å². The largest absolute Gasteiger partial charge is 0.507 e. The van der Waals surface area contributed by atoms with E-state index in [1.807, 2.05) is 19.0 Å². The van der Waals surface area contributed by atoms with Gasteiger partial charge in [-0.25, -0.2) is 14.8 Å². The molecule has 0 fully saturated rings. The fourth-order valence-corrected chi connectivity index (χ4v) is 13.7. The van der Waals surface area contributed by atoms with Gasteiger partial charge in [0.15, 0.2) is 11.6 Å². The predicted molar refractivity (Wildman–Crippen MR) is 464 cm³/mol. The summed E-state index contributed by atoms with van der Waals surface area (Å²) in [4.78, 5) is 168. The van der Waals surface area contributed by atoms with Crippen LogP contribution in [-0.2, 0) is 70.8 Å². The Labute approximate surface area is 712 Å². The Bertz CT molecular complexity index is 5250. The van der Waals surface area contributed by atoms with Gasteiger partial charge >= 0.3 is 5.97 Å². The van der Waals surface area contributed by atoms with Gasteiger partial charge in [0.05, 0.1) is 47.3 Å². The molecule has 0 aliphatic heterocycles. The van der Waals surface area contributed by atoms with E-state index < -0.39 is 59.0 Å². The third kappa shape index (κ3) is 27.7. The number of unbranched alkanes of at least 4 members (excludes halogenated alkanes) is 13. The number of imidazole rings is 2. The first-order valence-electron chi connectivity index (χ1n) is 41.2. The van der Waals surface area contributed by atoms with Gasteiger partial charge in [-0.15, -0.1) is 0 Å². The summed E-state index contributed by atoms with van der Waals surface area (Å²) in [6.45, 7) is 4.28. The lowest BCUT2D eigenvalue weighted by Gasteiger charge is -2.14. The van der Waals surface area contributed by atoms with E-state index >= 15 is 0 Å². The molecule has 0 aliphatic rings. The number of ether oxygens (including phenoxy) is 2. The lowest BCUT2D eigenvalue weighted by Crippen LogP contribution is -2.28. The van der Waals surface area contributed by atoms with E-state index in [4.69, 9.17) is 9.47 Å². The van der Waals surface area contributed by atoms with E-state index in [1.165, 1.54) is 153 Å². The normalized spacial score (nSPS) is 11.1. The third-order valence-corrected chi connectivity index (χ3v) is 20.1. The van der Waals surface area contributed by atoms with Crippen LogP contribution in [0.1, 0.15) is 230 Å². The van der Waals surface area contributed by atoms with Crippen LogP contribution in [0.5, 0.6) is 17.2 Å². The van der Waals surface area contributed by atoms with E-state index in [-0.39, 0.29) is 138 Å². The van der Waals surface area contributed by atoms with Crippen molar-refractivity contribution in [2.45, 2.75) is 135 Å². The summed E-state index contributed by atoms with van der Waals surface area (Å²) in [5, 5.41) is 50.6. The third-order valence-electron chi connectivity index (χ3n) is 20.1. The molecule has 13 N–H and O–H groups in total. The highest BCUT2D eigenvalue weighted by Gasteiger charge is 2.26. The molecule has 8 heterocycles.